The molecule has 0 spiro atoms. The molecule has 0 fully saturated rings. The second kappa shape index (κ2) is 5.51. The summed E-state index contributed by atoms with van der Waals surface area (Å²) in [7, 11) is -1.69. The fraction of sp³-hybridized carbons (Fsp3) is 0. The third kappa shape index (κ3) is 2.51. The van der Waals surface area contributed by atoms with Crippen LogP contribution >= 0.6 is 34.8 Å². The number of halogens is 3. The Balaban J connectivity index is 2.76. The average Bonchev–Trinajstić information content (AvgIpc) is 2.28. The first kappa shape index (κ1) is 13.7. The summed E-state index contributed by atoms with van der Waals surface area (Å²) >= 11 is 18.2. The molecule has 0 atom stereocenters. The van der Waals surface area contributed by atoms with E-state index < -0.39 is 7.12 Å². The van der Waals surface area contributed by atoms with Gasteiger partial charge in [0.15, 0.2) is 0 Å². The highest BCUT2D eigenvalue weighted by Crippen LogP contribution is 2.34. The van der Waals surface area contributed by atoms with E-state index in [1.54, 1.807) is 36.4 Å². The van der Waals surface area contributed by atoms with Gasteiger partial charge < -0.3 is 10.0 Å². The van der Waals surface area contributed by atoms with Gasteiger partial charge in [0.05, 0.1) is 0 Å². The van der Waals surface area contributed by atoms with Gasteiger partial charge in [0.2, 0.25) is 0 Å². The summed E-state index contributed by atoms with van der Waals surface area (Å²) in [6.07, 6.45) is 0. The predicted molar refractivity (Wildman–Crippen MR) is 76.7 cm³/mol. The van der Waals surface area contributed by atoms with Gasteiger partial charge in [0.25, 0.3) is 0 Å². The van der Waals surface area contributed by atoms with E-state index >= 15 is 0 Å². The van der Waals surface area contributed by atoms with Gasteiger partial charge >= 0.3 is 7.12 Å². The van der Waals surface area contributed by atoms with E-state index in [1.807, 2.05) is 0 Å². The highest BCUT2D eigenvalue weighted by atomic mass is 35.5. The van der Waals surface area contributed by atoms with Gasteiger partial charge in [-0.15, -0.1) is 0 Å². The summed E-state index contributed by atoms with van der Waals surface area (Å²) in [4.78, 5) is 0. The van der Waals surface area contributed by atoms with E-state index in [0.717, 1.165) is 0 Å². The van der Waals surface area contributed by atoms with Crippen LogP contribution < -0.4 is 5.46 Å². The summed E-state index contributed by atoms with van der Waals surface area (Å²) in [6, 6.07) is 10.0. The van der Waals surface area contributed by atoms with Gasteiger partial charge in [-0.05, 0) is 23.8 Å². The van der Waals surface area contributed by atoms with Crippen LogP contribution in [0.2, 0.25) is 15.1 Å². The van der Waals surface area contributed by atoms with Crippen LogP contribution in [0.1, 0.15) is 0 Å². The van der Waals surface area contributed by atoms with Crippen molar-refractivity contribution in [2.75, 3.05) is 0 Å². The fourth-order valence-electron chi connectivity index (χ4n) is 1.77. The topological polar surface area (TPSA) is 40.5 Å². The van der Waals surface area contributed by atoms with Crippen molar-refractivity contribution >= 4 is 47.4 Å². The Kier molecular flexibility index (Phi) is 4.20. The van der Waals surface area contributed by atoms with Crippen LogP contribution in [-0.2, 0) is 0 Å². The van der Waals surface area contributed by atoms with Crippen molar-refractivity contribution in [3.8, 4) is 11.1 Å². The smallest absolute Gasteiger partial charge is 0.423 e. The monoisotopic (exact) mass is 300 g/mol. The Morgan fingerprint density at radius 3 is 1.83 bits per heavy atom. The lowest BCUT2D eigenvalue weighted by Crippen LogP contribution is -2.32. The number of hydrogen-bond donors (Lipinski definition) is 2. The molecule has 6 heteroatoms. The molecule has 0 heterocycles. The Morgan fingerprint density at radius 2 is 1.28 bits per heavy atom. The van der Waals surface area contributed by atoms with Gasteiger partial charge in [0.1, 0.15) is 0 Å². The third-order valence-electron chi connectivity index (χ3n) is 2.54. The standard InChI is InChI=1S/C12H8BCl3O2/c14-8-4-2-5-9(15)11(8)7-3-1-6-10(16)12(7)13(17)18/h1-6,17-18H. The maximum Gasteiger partial charge on any atom is 0.490 e. The van der Waals surface area contributed by atoms with E-state index in [0.29, 0.717) is 21.2 Å². The Hall–Kier alpha value is -0.705. The molecule has 0 aromatic heterocycles. The highest BCUT2D eigenvalue weighted by molar-refractivity contribution is 6.65. The molecule has 2 nitrogen and oxygen atoms in total. The lowest BCUT2D eigenvalue weighted by Gasteiger charge is -2.13. The zero-order chi connectivity index (χ0) is 13.3. The van der Waals surface area contributed by atoms with Crippen molar-refractivity contribution in [2.24, 2.45) is 0 Å². The number of hydrogen-bond acceptors (Lipinski definition) is 2. The van der Waals surface area contributed by atoms with Crippen LogP contribution in [-0.4, -0.2) is 17.2 Å². The van der Waals surface area contributed by atoms with Gasteiger partial charge in [0, 0.05) is 26.1 Å². The second-order valence-corrected chi connectivity index (χ2v) is 4.89. The molecular formula is C12H8BCl3O2. The summed E-state index contributed by atoms with van der Waals surface area (Å²) in [5.41, 5.74) is 1.23. The molecule has 0 saturated heterocycles. The van der Waals surface area contributed by atoms with Crippen molar-refractivity contribution in [1.82, 2.24) is 0 Å². The van der Waals surface area contributed by atoms with Crippen molar-refractivity contribution in [3.05, 3.63) is 51.5 Å². The van der Waals surface area contributed by atoms with E-state index in [2.05, 4.69) is 0 Å². The molecule has 0 radical (unpaired) electrons. The fourth-order valence-corrected chi connectivity index (χ4v) is 2.65. The van der Waals surface area contributed by atoms with E-state index in [4.69, 9.17) is 34.8 Å². The second-order valence-electron chi connectivity index (χ2n) is 3.67. The minimum Gasteiger partial charge on any atom is -0.423 e. The van der Waals surface area contributed by atoms with Crippen molar-refractivity contribution in [2.45, 2.75) is 0 Å². The molecule has 0 amide bonds. The zero-order valence-electron chi connectivity index (χ0n) is 9.07. The maximum atomic E-state index is 9.41. The Morgan fingerprint density at radius 1 is 0.778 bits per heavy atom. The summed E-state index contributed by atoms with van der Waals surface area (Å²) < 4.78 is 0. The van der Waals surface area contributed by atoms with Crippen LogP contribution in [0.15, 0.2) is 36.4 Å². The molecule has 0 unspecified atom stereocenters. The Labute approximate surface area is 120 Å². The quantitative estimate of drug-likeness (QED) is 0.837. The van der Waals surface area contributed by atoms with Crippen LogP contribution in [0.25, 0.3) is 11.1 Å². The van der Waals surface area contributed by atoms with Crippen LogP contribution in [0.3, 0.4) is 0 Å². The minimum absolute atomic E-state index is 0.189. The predicted octanol–water partition coefficient (Wildman–Crippen LogP) is 2.99. The third-order valence-corrected chi connectivity index (χ3v) is 3.50. The van der Waals surface area contributed by atoms with Gasteiger partial charge in [-0.1, -0.05) is 53.0 Å². The molecule has 2 rings (SSSR count). The van der Waals surface area contributed by atoms with E-state index in [-0.39, 0.29) is 10.5 Å². The van der Waals surface area contributed by atoms with E-state index in [9.17, 15) is 10.0 Å². The van der Waals surface area contributed by atoms with Crippen molar-refractivity contribution < 1.29 is 10.0 Å². The molecule has 2 aromatic rings. The first-order valence-corrected chi connectivity index (χ1v) is 6.24. The molecule has 2 aromatic carbocycles. The summed E-state index contributed by atoms with van der Waals surface area (Å²) in [6.45, 7) is 0. The normalized spacial score (nSPS) is 10.5. The summed E-state index contributed by atoms with van der Waals surface area (Å²) in [5, 5.41) is 19.9. The van der Waals surface area contributed by atoms with Gasteiger partial charge in [-0.25, -0.2) is 0 Å². The van der Waals surface area contributed by atoms with Gasteiger partial charge in [-0.2, -0.15) is 0 Å². The lowest BCUT2D eigenvalue weighted by atomic mass is 9.75. The molecule has 0 aliphatic heterocycles. The summed E-state index contributed by atoms with van der Waals surface area (Å²) in [5.74, 6) is 0. The maximum absolute atomic E-state index is 9.41. The molecule has 0 bridgehead atoms. The van der Waals surface area contributed by atoms with Crippen molar-refractivity contribution in [1.29, 1.82) is 0 Å². The molecule has 92 valence electrons. The highest BCUT2D eigenvalue weighted by Gasteiger charge is 2.22. The first-order chi connectivity index (χ1) is 8.52. The lowest BCUT2D eigenvalue weighted by molar-refractivity contribution is 0.426. The zero-order valence-corrected chi connectivity index (χ0v) is 11.3. The largest absolute Gasteiger partial charge is 0.490 e. The number of rotatable bonds is 2. The SMILES string of the molecule is OB(O)c1c(Cl)cccc1-c1c(Cl)cccc1Cl. The molecular weight excluding hydrogens is 293 g/mol. The number of benzene rings is 2. The minimum atomic E-state index is -1.69. The van der Waals surface area contributed by atoms with Crippen LogP contribution in [0, 0.1) is 0 Å². The van der Waals surface area contributed by atoms with Crippen LogP contribution in [0.5, 0.6) is 0 Å². The molecule has 0 saturated carbocycles. The van der Waals surface area contributed by atoms with Crippen molar-refractivity contribution in [3.63, 3.8) is 0 Å². The Bertz CT molecular complexity index is 567. The molecule has 0 aliphatic rings. The molecule has 0 aliphatic carbocycles. The average molecular weight is 301 g/mol. The van der Waals surface area contributed by atoms with Gasteiger partial charge in [-0.3, -0.25) is 0 Å². The first-order valence-electron chi connectivity index (χ1n) is 5.11. The van der Waals surface area contributed by atoms with Crippen LogP contribution in [0.4, 0.5) is 0 Å². The molecule has 2 N–H and O–H groups in total. The molecule has 18 heavy (non-hydrogen) atoms. The van der Waals surface area contributed by atoms with E-state index in [1.165, 1.54) is 0 Å².